The molecule has 0 radical (unpaired) electrons. The number of carbonyl (C=O) groups excluding carboxylic acids is 2. The van der Waals surface area contributed by atoms with Gasteiger partial charge in [-0.15, -0.1) is 0 Å². The average molecular weight is 293 g/mol. The Bertz CT molecular complexity index is 782. The highest BCUT2D eigenvalue weighted by atomic mass is 16.5. The summed E-state index contributed by atoms with van der Waals surface area (Å²) in [6, 6.07) is 13.6. The first-order valence-corrected chi connectivity index (χ1v) is 7.77. The molecule has 3 aliphatic rings. The molecule has 5 rings (SSSR count). The van der Waals surface area contributed by atoms with Gasteiger partial charge in [-0.25, -0.2) is 4.90 Å². The summed E-state index contributed by atoms with van der Waals surface area (Å²) in [5.74, 6) is -0.715. The van der Waals surface area contributed by atoms with Gasteiger partial charge in [0.25, 0.3) is 0 Å². The Kier molecular flexibility index (Phi) is 2.34. The maximum atomic E-state index is 12.9. The molecule has 3 fully saturated rings. The molecule has 2 aromatic carbocycles. The molecule has 3 saturated heterocycles. The fourth-order valence-electron chi connectivity index (χ4n) is 4.35. The number of imide groups is 1. The fraction of sp³-hybridized carbons (Fsp3) is 0.333. The molecule has 4 atom stereocenters. The van der Waals surface area contributed by atoms with Crippen LogP contribution in [0.3, 0.4) is 0 Å². The van der Waals surface area contributed by atoms with Crippen molar-refractivity contribution in [3.63, 3.8) is 0 Å². The molecule has 4 heteroatoms. The van der Waals surface area contributed by atoms with E-state index in [0.717, 1.165) is 23.6 Å². The molecule has 4 nitrogen and oxygen atoms in total. The van der Waals surface area contributed by atoms with Crippen molar-refractivity contribution >= 4 is 28.3 Å². The van der Waals surface area contributed by atoms with Gasteiger partial charge < -0.3 is 4.74 Å². The van der Waals surface area contributed by atoms with Crippen LogP contribution in [-0.4, -0.2) is 24.0 Å². The second-order valence-electron chi connectivity index (χ2n) is 6.35. The van der Waals surface area contributed by atoms with Gasteiger partial charge in [-0.3, -0.25) is 9.59 Å². The van der Waals surface area contributed by atoms with E-state index in [1.54, 1.807) is 0 Å². The summed E-state index contributed by atoms with van der Waals surface area (Å²) in [6.07, 6.45) is 1.67. The zero-order valence-electron chi connectivity index (χ0n) is 11.9. The predicted octanol–water partition coefficient (Wildman–Crippen LogP) is 2.51. The maximum absolute atomic E-state index is 12.9. The van der Waals surface area contributed by atoms with Gasteiger partial charge in [-0.05, 0) is 24.3 Å². The molecule has 0 spiro atoms. The lowest BCUT2D eigenvalue weighted by atomic mass is 9.81. The summed E-state index contributed by atoms with van der Waals surface area (Å²) in [7, 11) is 0. The molecule has 0 N–H and O–H groups in total. The van der Waals surface area contributed by atoms with Crippen molar-refractivity contribution in [3.8, 4) is 0 Å². The Morgan fingerprint density at radius 3 is 2.23 bits per heavy atom. The first kappa shape index (κ1) is 12.4. The standard InChI is InChI=1S/C18H15NO3/c20-17-15-13-8-9-14(22-13)16(15)18(21)19(17)12-7-3-5-10-4-1-2-6-11(10)12/h1-7,13-16H,8-9H2/t13-,14+,15-,16+. The van der Waals surface area contributed by atoms with Gasteiger partial charge in [0, 0.05) is 5.39 Å². The molecule has 2 bridgehead atoms. The summed E-state index contributed by atoms with van der Waals surface area (Å²) >= 11 is 0. The van der Waals surface area contributed by atoms with Crippen molar-refractivity contribution in [1.29, 1.82) is 0 Å². The number of hydrogen-bond acceptors (Lipinski definition) is 3. The molecule has 0 unspecified atom stereocenters. The van der Waals surface area contributed by atoms with Crippen LogP contribution in [0.25, 0.3) is 10.8 Å². The van der Waals surface area contributed by atoms with Crippen molar-refractivity contribution in [3.05, 3.63) is 42.5 Å². The normalized spacial score (nSPS) is 33.0. The largest absolute Gasteiger partial charge is 0.373 e. The van der Waals surface area contributed by atoms with Crippen LogP contribution in [0.4, 0.5) is 5.69 Å². The van der Waals surface area contributed by atoms with Crippen LogP contribution in [0.15, 0.2) is 42.5 Å². The number of ether oxygens (including phenoxy) is 1. The lowest BCUT2D eigenvalue weighted by molar-refractivity contribution is -0.124. The minimum Gasteiger partial charge on any atom is -0.373 e. The van der Waals surface area contributed by atoms with Crippen LogP contribution in [0.2, 0.25) is 0 Å². The van der Waals surface area contributed by atoms with Gasteiger partial charge >= 0.3 is 0 Å². The zero-order chi connectivity index (χ0) is 14.8. The number of carbonyl (C=O) groups is 2. The molecular formula is C18H15NO3. The van der Waals surface area contributed by atoms with Crippen LogP contribution in [-0.2, 0) is 14.3 Å². The summed E-state index contributed by atoms with van der Waals surface area (Å²) in [5.41, 5.74) is 0.710. The summed E-state index contributed by atoms with van der Waals surface area (Å²) in [5, 5.41) is 1.98. The fourth-order valence-corrected chi connectivity index (χ4v) is 4.35. The molecule has 2 aromatic rings. The SMILES string of the molecule is O=C1[C@@H]2[C@H](C(=O)N1c1cccc3ccccc13)[C@H]1CC[C@@H]2O1. The average Bonchev–Trinajstić information content (AvgIpc) is 3.21. The second kappa shape index (κ2) is 4.17. The topological polar surface area (TPSA) is 46.6 Å². The van der Waals surface area contributed by atoms with Crippen LogP contribution in [0.1, 0.15) is 12.8 Å². The van der Waals surface area contributed by atoms with E-state index >= 15 is 0 Å². The van der Waals surface area contributed by atoms with Gasteiger partial charge in [-0.1, -0.05) is 36.4 Å². The van der Waals surface area contributed by atoms with Crippen LogP contribution < -0.4 is 4.90 Å². The van der Waals surface area contributed by atoms with Gasteiger partial charge in [0.15, 0.2) is 0 Å². The molecule has 22 heavy (non-hydrogen) atoms. The van der Waals surface area contributed by atoms with E-state index in [9.17, 15) is 9.59 Å². The molecule has 3 heterocycles. The van der Waals surface area contributed by atoms with E-state index in [4.69, 9.17) is 4.74 Å². The number of anilines is 1. The summed E-state index contributed by atoms with van der Waals surface area (Å²) in [6.45, 7) is 0. The number of nitrogens with zero attached hydrogens (tertiary/aromatic N) is 1. The molecule has 3 aliphatic heterocycles. The lowest BCUT2D eigenvalue weighted by Crippen LogP contribution is -2.34. The van der Waals surface area contributed by atoms with Gasteiger partial charge in [0.1, 0.15) is 0 Å². The molecular weight excluding hydrogens is 278 g/mol. The second-order valence-corrected chi connectivity index (χ2v) is 6.35. The van der Waals surface area contributed by atoms with E-state index in [-0.39, 0.29) is 35.9 Å². The summed E-state index contributed by atoms with van der Waals surface area (Å²) < 4.78 is 5.78. The van der Waals surface area contributed by atoms with E-state index in [2.05, 4.69) is 0 Å². The number of fused-ring (bicyclic) bond motifs is 6. The Labute approximate surface area is 127 Å². The number of amides is 2. The maximum Gasteiger partial charge on any atom is 0.240 e. The van der Waals surface area contributed by atoms with Crippen molar-refractivity contribution in [2.24, 2.45) is 11.8 Å². The third kappa shape index (κ3) is 1.40. The van der Waals surface area contributed by atoms with Gasteiger partial charge in [0.05, 0.1) is 29.7 Å². The zero-order valence-corrected chi connectivity index (χ0v) is 11.9. The monoisotopic (exact) mass is 293 g/mol. The summed E-state index contributed by atoms with van der Waals surface area (Å²) in [4.78, 5) is 27.1. The Balaban J connectivity index is 1.66. The highest BCUT2D eigenvalue weighted by Crippen LogP contribution is 2.49. The van der Waals surface area contributed by atoms with Gasteiger partial charge in [-0.2, -0.15) is 0 Å². The quantitative estimate of drug-likeness (QED) is 0.759. The predicted molar refractivity (Wildman–Crippen MR) is 81.3 cm³/mol. The van der Waals surface area contributed by atoms with E-state index in [1.807, 2.05) is 42.5 Å². The van der Waals surface area contributed by atoms with Crippen molar-refractivity contribution in [1.82, 2.24) is 0 Å². The Morgan fingerprint density at radius 1 is 0.864 bits per heavy atom. The molecule has 2 amide bonds. The van der Waals surface area contributed by atoms with E-state index < -0.39 is 0 Å². The third-order valence-electron chi connectivity index (χ3n) is 5.29. The highest BCUT2D eigenvalue weighted by molar-refractivity contribution is 6.25. The van der Waals surface area contributed by atoms with Crippen molar-refractivity contribution in [2.75, 3.05) is 4.90 Å². The molecule has 0 saturated carbocycles. The highest BCUT2D eigenvalue weighted by Gasteiger charge is 2.62. The van der Waals surface area contributed by atoms with Crippen LogP contribution >= 0.6 is 0 Å². The molecule has 0 aliphatic carbocycles. The first-order chi connectivity index (χ1) is 10.8. The van der Waals surface area contributed by atoms with E-state index in [0.29, 0.717) is 5.69 Å². The third-order valence-corrected chi connectivity index (χ3v) is 5.29. The minimum atomic E-state index is -0.273. The van der Waals surface area contributed by atoms with Crippen molar-refractivity contribution < 1.29 is 14.3 Å². The Morgan fingerprint density at radius 2 is 1.50 bits per heavy atom. The number of benzene rings is 2. The molecule has 0 aromatic heterocycles. The van der Waals surface area contributed by atoms with Crippen molar-refractivity contribution in [2.45, 2.75) is 25.0 Å². The lowest BCUT2D eigenvalue weighted by Gasteiger charge is -2.19. The molecule has 110 valence electrons. The van der Waals surface area contributed by atoms with Crippen LogP contribution in [0.5, 0.6) is 0 Å². The smallest absolute Gasteiger partial charge is 0.240 e. The first-order valence-electron chi connectivity index (χ1n) is 7.77. The number of rotatable bonds is 1. The van der Waals surface area contributed by atoms with Gasteiger partial charge in [0.2, 0.25) is 11.8 Å². The Hall–Kier alpha value is -2.20. The van der Waals surface area contributed by atoms with Crippen LogP contribution in [0, 0.1) is 11.8 Å². The minimum absolute atomic E-state index is 0.0635. The number of hydrogen-bond donors (Lipinski definition) is 0. The van der Waals surface area contributed by atoms with E-state index in [1.165, 1.54) is 4.90 Å².